The Kier molecular flexibility index (Phi) is 6.23. The molecule has 0 radical (unpaired) electrons. The van der Waals surface area contributed by atoms with Gasteiger partial charge in [-0.05, 0) is 36.8 Å². The Morgan fingerprint density at radius 2 is 1.90 bits per heavy atom. The molecule has 0 spiro atoms. The van der Waals surface area contributed by atoms with Crippen molar-refractivity contribution >= 4 is 32.7 Å². The number of urea groups is 1. The Balaban J connectivity index is 1.32. The maximum absolute atomic E-state index is 12.5. The van der Waals surface area contributed by atoms with Crippen LogP contribution in [0.1, 0.15) is 12.5 Å². The number of anilines is 1. The topological polar surface area (TPSA) is 66.9 Å². The SMILES string of the molecule is CCOc1cccc2sc(N3CCN(C(=O)NCc4ccc(OC)cc4)CC3)nc12. The first-order valence-electron chi connectivity index (χ1n) is 10.1. The molecule has 0 unspecified atom stereocenters. The number of para-hydroxylation sites is 1. The standard InChI is InChI=1S/C22H26N4O3S/c1-3-29-18-5-4-6-19-20(18)24-22(30-19)26-13-11-25(12-14-26)21(27)23-15-16-7-9-17(28-2)10-8-16/h4-10H,3,11-15H2,1-2H3,(H,23,27). The number of aromatic nitrogens is 1. The number of carbonyl (C=O) groups excluding carboxylic acids is 1. The molecule has 1 aromatic heterocycles. The second kappa shape index (κ2) is 9.21. The molecule has 0 atom stereocenters. The summed E-state index contributed by atoms with van der Waals surface area (Å²) in [6.45, 7) is 5.97. The third-order valence-corrected chi connectivity index (χ3v) is 6.19. The summed E-state index contributed by atoms with van der Waals surface area (Å²) in [7, 11) is 1.64. The fourth-order valence-corrected chi connectivity index (χ4v) is 4.49. The lowest BCUT2D eigenvalue weighted by Crippen LogP contribution is -2.51. The van der Waals surface area contributed by atoms with Gasteiger partial charge in [0.1, 0.15) is 17.0 Å². The summed E-state index contributed by atoms with van der Waals surface area (Å²) in [6, 6.07) is 13.7. The Bertz CT molecular complexity index is 997. The van der Waals surface area contributed by atoms with Crippen LogP contribution >= 0.6 is 11.3 Å². The molecule has 2 amide bonds. The molecule has 30 heavy (non-hydrogen) atoms. The lowest BCUT2D eigenvalue weighted by atomic mass is 10.2. The molecular weight excluding hydrogens is 400 g/mol. The molecular formula is C22H26N4O3S. The van der Waals surface area contributed by atoms with E-state index >= 15 is 0 Å². The van der Waals surface area contributed by atoms with Crippen LogP contribution in [0.25, 0.3) is 10.2 Å². The molecule has 2 aromatic carbocycles. The molecule has 1 fully saturated rings. The molecule has 1 aliphatic heterocycles. The third kappa shape index (κ3) is 4.43. The third-order valence-electron chi connectivity index (χ3n) is 5.11. The van der Waals surface area contributed by atoms with Gasteiger partial charge in [0.05, 0.1) is 18.4 Å². The van der Waals surface area contributed by atoms with Crippen LogP contribution in [-0.2, 0) is 6.54 Å². The van der Waals surface area contributed by atoms with E-state index in [1.165, 1.54) is 0 Å². The second-order valence-corrected chi connectivity index (χ2v) is 8.02. The second-order valence-electron chi connectivity index (χ2n) is 7.01. The van der Waals surface area contributed by atoms with Gasteiger partial charge in [0.25, 0.3) is 0 Å². The normalized spacial score (nSPS) is 14.1. The zero-order valence-electron chi connectivity index (χ0n) is 17.3. The first kappa shape index (κ1) is 20.3. The summed E-state index contributed by atoms with van der Waals surface area (Å²) < 4.78 is 12.0. The van der Waals surface area contributed by atoms with Crippen LogP contribution in [0.2, 0.25) is 0 Å². The largest absolute Gasteiger partial charge is 0.497 e. The molecule has 7 nitrogen and oxygen atoms in total. The first-order chi connectivity index (χ1) is 14.7. The molecule has 1 N–H and O–H groups in total. The Morgan fingerprint density at radius 3 is 2.60 bits per heavy atom. The van der Waals surface area contributed by atoms with Gasteiger partial charge in [-0.1, -0.05) is 29.5 Å². The lowest BCUT2D eigenvalue weighted by molar-refractivity contribution is 0.194. The quantitative estimate of drug-likeness (QED) is 0.651. The van der Waals surface area contributed by atoms with Gasteiger partial charge in [0.2, 0.25) is 0 Å². The van der Waals surface area contributed by atoms with Crippen LogP contribution < -0.4 is 19.7 Å². The van der Waals surface area contributed by atoms with E-state index in [4.69, 9.17) is 14.5 Å². The average molecular weight is 427 g/mol. The summed E-state index contributed by atoms with van der Waals surface area (Å²) in [5.74, 6) is 1.64. The highest BCUT2D eigenvalue weighted by atomic mass is 32.1. The summed E-state index contributed by atoms with van der Waals surface area (Å²) >= 11 is 1.67. The van der Waals surface area contributed by atoms with Gasteiger partial charge in [-0.2, -0.15) is 0 Å². The predicted molar refractivity (Wildman–Crippen MR) is 120 cm³/mol. The van der Waals surface area contributed by atoms with Gasteiger partial charge in [0.15, 0.2) is 5.13 Å². The number of hydrogen-bond acceptors (Lipinski definition) is 6. The minimum absolute atomic E-state index is 0.0339. The molecule has 0 saturated carbocycles. The Hall–Kier alpha value is -3.00. The van der Waals surface area contributed by atoms with Crippen molar-refractivity contribution in [3.63, 3.8) is 0 Å². The number of nitrogens with zero attached hydrogens (tertiary/aromatic N) is 3. The Labute approximate surface area is 180 Å². The smallest absolute Gasteiger partial charge is 0.317 e. The molecule has 1 aliphatic rings. The Morgan fingerprint density at radius 1 is 1.13 bits per heavy atom. The van der Waals surface area contributed by atoms with Crippen molar-refractivity contribution < 1.29 is 14.3 Å². The number of piperazine rings is 1. The number of methoxy groups -OCH3 is 1. The van der Waals surface area contributed by atoms with Crippen LogP contribution in [0, 0.1) is 0 Å². The fraction of sp³-hybridized carbons (Fsp3) is 0.364. The van der Waals surface area contributed by atoms with Crippen LogP contribution in [0.4, 0.5) is 9.93 Å². The first-order valence-corrected chi connectivity index (χ1v) is 10.9. The molecule has 3 aromatic rings. The van der Waals surface area contributed by atoms with Gasteiger partial charge in [0, 0.05) is 32.7 Å². The van der Waals surface area contributed by atoms with Crippen molar-refractivity contribution in [3.8, 4) is 11.5 Å². The van der Waals surface area contributed by atoms with E-state index in [0.717, 1.165) is 45.5 Å². The number of rotatable bonds is 6. The molecule has 158 valence electrons. The van der Waals surface area contributed by atoms with Crippen LogP contribution in [0.15, 0.2) is 42.5 Å². The van der Waals surface area contributed by atoms with Crippen LogP contribution in [0.3, 0.4) is 0 Å². The highest BCUT2D eigenvalue weighted by Crippen LogP contribution is 2.34. The maximum Gasteiger partial charge on any atom is 0.317 e. The number of amides is 2. The number of thiazole rings is 1. The minimum Gasteiger partial charge on any atom is -0.497 e. The molecule has 2 heterocycles. The molecule has 0 aliphatic carbocycles. The summed E-state index contributed by atoms with van der Waals surface area (Å²) in [5.41, 5.74) is 1.96. The number of benzene rings is 2. The van der Waals surface area contributed by atoms with Crippen molar-refractivity contribution in [2.45, 2.75) is 13.5 Å². The van der Waals surface area contributed by atoms with E-state index in [2.05, 4.69) is 16.3 Å². The number of nitrogens with one attached hydrogen (secondary N) is 1. The highest BCUT2D eigenvalue weighted by molar-refractivity contribution is 7.22. The van der Waals surface area contributed by atoms with Gasteiger partial charge in [-0.25, -0.2) is 9.78 Å². The summed E-state index contributed by atoms with van der Waals surface area (Å²) in [4.78, 5) is 21.4. The zero-order chi connectivity index (χ0) is 20.9. The number of ether oxygens (including phenoxy) is 2. The van der Waals surface area contributed by atoms with Gasteiger partial charge in [-0.15, -0.1) is 0 Å². The van der Waals surface area contributed by atoms with Crippen LogP contribution in [0.5, 0.6) is 11.5 Å². The van der Waals surface area contributed by atoms with E-state index in [0.29, 0.717) is 26.2 Å². The summed E-state index contributed by atoms with van der Waals surface area (Å²) in [5, 5.41) is 3.98. The van der Waals surface area contributed by atoms with E-state index in [9.17, 15) is 4.79 Å². The summed E-state index contributed by atoms with van der Waals surface area (Å²) in [6.07, 6.45) is 0. The van der Waals surface area contributed by atoms with Crippen molar-refractivity contribution in [2.24, 2.45) is 0 Å². The van der Waals surface area contributed by atoms with Crippen LogP contribution in [-0.4, -0.2) is 55.8 Å². The van der Waals surface area contributed by atoms with Crippen molar-refractivity contribution in [2.75, 3.05) is 44.8 Å². The van der Waals surface area contributed by atoms with Crippen molar-refractivity contribution in [1.29, 1.82) is 0 Å². The molecule has 8 heteroatoms. The monoisotopic (exact) mass is 426 g/mol. The van der Waals surface area contributed by atoms with Crippen molar-refractivity contribution in [1.82, 2.24) is 15.2 Å². The van der Waals surface area contributed by atoms with E-state index in [-0.39, 0.29) is 6.03 Å². The van der Waals surface area contributed by atoms with Crippen molar-refractivity contribution in [3.05, 3.63) is 48.0 Å². The zero-order valence-corrected chi connectivity index (χ0v) is 18.1. The van der Waals surface area contributed by atoms with E-state index in [1.54, 1.807) is 18.4 Å². The predicted octanol–water partition coefficient (Wildman–Crippen LogP) is 3.74. The molecule has 1 saturated heterocycles. The van der Waals surface area contributed by atoms with Gasteiger partial charge < -0.3 is 24.6 Å². The lowest BCUT2D eigenvalue weighted by Gasteiger charge is -2.34. The van der Waals surface area contributed by atoms with E-state index in [1.807, 2.05) is 48.2 Å². The fourth-order valence-electron chi connectivity index (χ4n) is 3.45. The number of hydrogen-bond donors (Lipinski definition) is 1. The maximum atomic E-state index is 12.5. The number of fused-ring (bicyclic) bond motifs is 1. The highest BCUT2D eigenvalue weighted by Gasteiger charge is 2.23. The van der Waals surface area contributed by atoms with Gasteiger partial charge in [-0.3, -0.25) is 0 Å². The molecule has 0 bridgehead atoms. The average Bonchev–Trinajstić information content (AvgIpc) is 3.23. The van der Waals surface area contributed by atoms with Gasteiger partial charge >= 0.3 is 6.03 Å². The minimum atomic E-state index is -0.0339. The number of carbonyl (C=O) groups is 1. The van der Waals surface area contributed by atoms with E-state index < -0.39 is 0 Å². The molecule has 4 rings (SSSR count).